The molecule has 2 N–H and O–H groups in total. The molecule has 1 aliphatic rings. The maximum Gasteiger partial charge on any atom is 0.391 e. The molecule has 1 fully saturated rings. The van der Waals surface area contributed by atoms with Crippen molar-refractivity contribution < 1.29 is 17.9 Å². The SMILES string of the molecule is CCCC1CCC(N)C(OCCC(F)(F)F)C1. The Hall–Kier alpha value is -0.290. The van der Waals surface area contributed by atoms with Crippen LogP contribution in [0.3, 0.4) is 0 Å². The highest BCUT2D eigenvalue weighted by Crippen LogP contribution is 2.29. The summed E-state index contributed by atoms with van der Waals surface area (Å²) in [6, 6.07) is -0.101. The van der Waals surface area contributed by atoms with Crippen molar-refractivity contribution in [3.8, 4) is 0 Å². The maximum absolute atomic E-state index is 12.0. The Kier molecular flexibility index (Phi) is 5.73. The zero-order valence-electron chi connectivity index (χ0n) is 10.3. The van der Waals surface area contributed by atoms with E-state index in [4.69, 9.17) is 10.5 Å². The second-order valence-corrected chi connectivity index (χ2v) is 4.91. The predicted octanol–water partition coefficient (Wildman–Crippen LogP) is 3.25. The van der Waals surface area contributed by atoms with Crippen LogP contribution in [0.25, 0.3) is 0 Å². The van der Waals surface area contributed by atoms with Crippen LogP contribution in [0.5, 0.6) is 0 Å². The van der Waals surface area contributed by atoms with Gasteiger partial charge in [-0.1, -0.05) is 19.8 Å². The van der Waals surface area contributed by atoms with E-state index in [2.05, 4.69) is 6.92 Å². The fraction of sp³-hybridized carbons (Fsp3) is 1.00. The normalized spacial score (nSPS) is 30.5. The first-order valence-corrected chi connectivity index (χ1v) is 6.36. The molecule has 0 saturated heterocycles. The van der Waals surface area contributed by atoms with E-state index in [0.29, 0.717) is 5.92 Å². The molecule has 0 amide bonds. The van der Waals surface area contributed by atoms with Gasteiger partial charge in [0.15, 0.2) is 0 Å². The Bertz CT molecular complexity index is 220. The smallest absolute Gasteiger partial charge is 0.376 e. The summed E-state index contributed by atoms with van der Waals surface area (Å²) in [6.45, 7) is 1.86. The average molecular weight is 253 g/mol. The monoisotopic (exact) mass is 253 g/mol. The van der Waals surface area contributed by atoms with Gasteiger partial charge in [0.1, 0.15) is 0 Å². The summed E-state index contributed by atoms with van der Waals surface area (Å²) >= 11 is 0. The largest absolute Gasteiger partial charge is 0.391 e. The predicted molar refractivity (Wildman–Crippen MR) is 60.6 cm³/mol. The molecule has 3 unspecified atom stereocenters. The van der Waals surface area contributed by atoms with Gasteiger partial charge in [-0.25, -0.2) is 0 Å². The Balaban J connectivity index is 2.29. The standard InChI is InChI=1S/C12H22F3NO/c1-2-3-9-4-5-10(16)11(8-9)17-7-6-12(13,14)15/h9-11H,2-8,16H2,1H3. The second-order valence-electron chi connectivity index (χ2n) is 4.91. The number of ether oxygens (including phenoxy) is 1. The van der Waals surface area contributed by atoms with E-state index in [9.17, 15) is 13.2 Å². The van der Waals surface area contributed by atoms with Crippen molar-refractivity contribution in [1.82, 2.24) is 0 Å². The Morgan fingerprint density at radius 1 is 1.29 bits per heavy atom. The van der Waals surface area contributed by atoms with Crippen molar-refractivity contribution in [2.75, 3.05) is 6.61 Å². The number of alkyl halides is 3. The first kappa shape index (κ1) is 14.8. The summed E-state index contributed by atoms with van der Waals surface area (Å²) in [6.07, 6.45) is -0.234. The van der Waals surface area contributed by atoms with E-state index in [1.54, 1.807) is 0 Å². The molecule has 0 aliphatic heterocycles. The minimum absolute atomic E-state index is 0.101. The molecule has 17 heavy (non-hydrogen) atoms. The highest BCUT2D eigenvalue weighted by Gasteiger charge is 2.31. The van der Waals surface area contributed by atoms with Gasteiger partial charge in [0, 0.05) is 6.04 Å². The summed E-state index contributed by atoms with van der Waals surface area (Å²) in [5.41, 5.74) is 5.88. The molecule has 1 aliphatic carbocycles. The van der Waals surface area contributed by atoms with Crippen LogP contribution in [0, 0.1) is 5.92 Å². The van der Waals surface area contributed by atoms with Crippen molar-refractivity contribution in [3.05, 3.63) is 0 Å². The van der Waals surface area contributed by atoms with E-state index in [0.717, 1.165) is 32.1 Å². The van der Waals surface area contributed by atoms with Gasteiger partial charge in [0.2, 0.25) is 0 Å². The molecule has 0 aromatic heterocycles. The Morgan fingerprint density at radius 3 is 2.59 bits per heavy atom. The first-order valence-electron chi connectivity index (χ1n) is 6.36. The highest BCUT2D eigenvalue weighted by atomic mass is 19.4. The minimum Gasteiger partial charge on any atom is -0.376 e. The zero-order valence-corrected chi connectivity index (χ0v) is 10.3. The summed E-state index contributed by atoms with van der Waals surface area (Å²) in [5, 5.41) is 0. The summed E-state index contributed by atoms with van der Waals surface area (Å²) < 4.78 is 41.3. The lowest BCUT2D eigenvalue weighted by Crippen LogP contribution is -2.42. The second kappa shape index (κ2) is 6.59. The van der Waals surface area contributed by atoms with Gasteiger partial charge in [-0.05, 0) is 25.2 Å². The molecule has 102 valence electrons. The molecule has 0 radical (unpaired) electrons. The van der Waals surface area contributed by atoms with Crippen LogP contribution in [0.4, 0.5) is 13.2 Å². The van der Waals surface area contributed by atoms with Gasteiger partial charge in [-0.2, -0.15) is 13.2 Å². The third kappa shape index (κ3) is 5.73. The molecule has 3 atom stereocenters. The van der Waals surface area contributed by atoms with Crippen LogP contribution in [-0.2, 0) is 4.74 Å². The van der Waals surface area contributed by atoms with Crippen molar-refractivity contribution >= 4 is 0 Å². The molecule has 5 heteroatoms. The molecule has 1 saturated carbocycles. The van der Waals surface area contributed by atoms with Gasteiger partial charge in [0.05, 0.1) is 19.1 Å². The lowest BCUT2D eigenvalue weighted by molar-refractivity contribution is -0.151. The topological polar surface area (TPSA) is 35.2 Å². The molecule has 2 nitrogen and oxygen atoms in total. The van der Waals surface area contributed by atoms with Crippen LogP contribution in [0.2, 0.25) is 0 Å². The lowest BCUT2D eigenvalue weighted by atomic mass is 9.82. The van der Waals surface area contributed by atoms with E-state index in [-0.39, 0.29) is 18.8 Å². The van der Waals surface area contributed by atoms with E-state index in [1.807, 2.05) is 0 Å². The molecular weight excluding hydrogens is 231 g/mol. The third-order valence-corrected chi connectivity index (χ3v) is 3.37. The molecule has 0 aromatic carbocycles. The fourth-order valence-electron chi connectivity index (χ4n) is 2.42. The van der Waals surface area contributed by atoms with Crippen LogP contribution in [0.1, 0.15) is 45.4 Å². The van der Waals surface area contributed by atoms with Crippen LogP contribution >= 0.6 is 0 Å². The number of rotatable bonds is 5. The van der Waals surface area contributed by atoms with Gasteiger partial charge in [0.25, 0.3) is 0 Å². The summed E-state index contributed by atoms with van der Waals surface area (Å²) in [7, 11) is 0. The number of nitrogens with two attached hydrogens (primary N) is 1. The number of halogens is 3. The number of hydrogen-bond acceptors (Lipinski definition) is 2. The van der Waals surface area contributed by atoms with Crippen LogP contribution in [0.15, 0.2) is 0 Å². The van der Waals surface area contributed by atoms with Crippen molar-refractivity contribution in [3.63, 3.8) is 0 Å². The Morgan fingerprint density at radius 2 is 2.00 bits per heavy atom. The average Bonchev–Trinajstić information content (AvgIpc) is 2.21. The lowest BCUT2D eigenvalue weighted by Gasteiger charge is -2.34. The molecule has 0 spiro atoms. The Labute approximate surface area is 101 Å². The molecule has 0 heterocycles. The van der Waals surface area contributed by atoms with E-state index < -0.39 is 12.6 Å². The third-order valence-electron chi connectivity index (χ3n) is 3.37. The van der Waals surface area contributed by atoms with Crippen LogP contribution in [-0.4, -0.2) is 24.9 Å². The molecular formula is C12H22F3NO. The highest BCUT2D eigenvalue weighted by molar-refractivity contribution is 4.83. The van der Waals surface area contributed by atoms with E-state index in [1.165, 1.54) is 0 Å². The summed E-state index contributed by atoms with van der Waals surface area (Å²) in [5.74, 6) is 0.565. The number of hydrogen-bond donors (Lipinski definition) is 1. The van der Waals surface area contributed by atoms with Crippen molar-refractivity contribution in [2.45, 2.75) is 63.8 Å². The van der Waals surface area contributed by atoms with Crippen LogP contribution < -0.4 is 5.73 Å². The minimum atomic E-state index is -4.14. The fourth-order valence-corrected chi connectivity index (χ4v) is 2.42. The quantitative estimate of drug-likeness (QED) is 0.816. The first-order chi connectivity index (χ1) is 7.92. The molecule has 1 rings (SSSR count). The van der Waals surface area contributed by atoms with Gasteiger partial charge >= 0.3 is 6.18 Å². The van der Waals surface area contributed by atoms with Crippen molar-refractivity contribution in [1.29, 1.82) is 0 Å². The van der Waals surface area contributed by atoms with Gasteiger partial charge < -0.3 is 10.5 Å². The zero-order chi connectivity index (χ0) is 12.9. The van der Waals surface area contributed by atoms with E-state index >= 15 is 0 Å². The maximum atomic E-state index is 12.0. The molecule has 0 aromatic rings. The van der Waals surface area contributed by atoms with Gasteiger partial charge in [-0.3, -0.25) is 0 Å². The summed E-state index contributed by atoms with van der Waals surface area (Å²) in [4.78, 5) is 0. The van der Waals surface area contributed by atoms with Gasteiger partial charge in [-0.15, -0.1) is 0 Å². The van der Waals surface area contributed by atoms with Crippen molar-refractivity contribution in [2.24, 2.45) is 11.7 Å². The molecule has 0 bridgehead atoms.